The van der Waals surface area contributed by atoms with E-state index in [0.29, 0.717) is 22.4 Å². The van der Waals surface area contributed by atoms with E-state index in [0.717, 1.165) is 0 Å². The Morgan fingerprint density at radius 1 is 1.12 bits per heavy atom. The molecule has 1 unspecified atom stereocenters. The summed E-state index contributed by atoms with van der Waals surface area (Å²) in [5, 5.41) is 14.2. The molecule has 3 atom stereocenters. The van der Waals surface area contributed by atoms with E-state index in [1.165, 1.54) is 30.3 Å². The first kappa shape index (κ1) is 21.0. The van der Waals surface area contributed by atoms with Gasteiger partial charge in [0, 0.05) is 41.4 Å². The predicted molar refractivity (Wildman–Crippen MR) is 119 cm³/mol. The van der Waals surface area contributed by atoms with Gasteiger partial charge in [0.1, 0.15) is 11.4 Å². The molecule has 0 bridgehead atoms. The van der Waals surface area contributed by atoms with E-state index in [4.69, 9.17) is 0 Å². The van der Waals surface area contributed by atoms with Gasteiger partial charge < -0.3 is 5.32 Å². The number of fused-ring (bicyclic) bond motifs is 2. The Kier molecular flexibility index (Phi) is 4.83. The second kappa shape index (κ2) is 7.60. The zero-order valence-electron chi connectivity index (χ0n) is 17.7. The molecule has 0 aliphatic carbocycles. The molecule has 2 aliphatic heterocycles. The molecule has 3 aromatic carbocycles. The number of non-ortho nitro benzene ring substituents is 1. The summed E-state index contributed by atoms with van der Waals surface area (Å²) in [7, 11) is 1.72. The van der Waals surface area contributed by atoms with Crippen molar-refractivity contribution < 1.29 is 18.9 Å². The lowest BCUT2D eigenvalue weighted by molar-refractivity contribution is -0.384. The van der Waals surface area contributed by atoms with E-state index in [9.17, 15) is 24.1 Å². The summed E-state index contributed by atoms with van der Waals surface area (Å²) in [6.45, 7) is 0.285. The van der Waals surface area contributed by atoms with Crippen LogP contribution in [0.5, 0.6) is 0 Å². The first-order chi connectivity index (χ1) is 15.8. The van der Waals surface area contributed by atoms with Crippen molar-refractivity contribution in [1.29, 1.82) is 0 Å². The molecular weight excluding hydrogens is 425 g/mol. The maximum atomic E-state index is 14.3. The third-order valence-corrected chi connectivity index (χ3v) is 6.76. The SMILES string of the molecule is CN1C[C@H](c2cccc([N+](=O)[O-])c2)C(C(=O)c2ccccc2)[C@]12C(=O)Nc1ccc(F)cc12. The highest BCUT2D eigenvalue weighted by Crippen LogP contribution is 2.55. The molecule has 0 radical (unpaired) electrons. The minimum Gasteiger partial charge on any atom is -0.324 e. The van der Waals surface area contributed by atoms with Crippen molar-refractivity contribution in [3.05, 3.63) is 105 Å². The van der Waals surface area contributed by atoms with Crippen molar-refractivity contribution in [3.8, 4) is 0 Å². The van der Waals surface area contributed by atoms with Crippen molar-refractivity contribution in [1.82, 2.24) is 4.90 Å². The molecule has 8 heteroatoms. The number of likely N-dealkylation sites (tertiary alicyclic amines) is 1. The van der Waals surface area contributed by atoms with Crippen molar-refractivity contribution in [2.45, 2.75) is 11.5 Å². The average Bonchev–Trinajstić information content (AvgIpc) is 3.29. The topological polar surface area (TPSA) is 92.5 Å². The second-order valence-electron chi connectivity index (χ2n) is 8.46. The number of benzene rings is 3. The van der Waals surface area contributed by atoms with E-state index in [2.05, 4.69) is 5.32 Å². The highest BCUT2D eigenvalue weighted by atomic mass is 19.1. The van der Waals surface area contributed by atoms with Crippen molar-refractivity contribution >= 4 is 23.1 Å². The number of Topliss-reactive ketones (excluding diaryl/α,β-unsaturated/α-hetero) is 1. The van der Waals surface area contributed by atoms with Gasteiger partial charge in [-0.15, -0.1) is 0 Å². The van der Waals surface area contributed by atoms with Gasteiger partial charge >= 0.3 is 0 Å². The number of nitrogens with zero attached hydrogens (tertiary/aromatic N) is 2. The first-order valence-electron chi connectivity index (χ1n) is 10.5. The number of carbonyl (C=O) groups excluding carboxylic acids is 2. The molecule has 0 saturated carbocycles. The summed E-state index contributed by atoms with van der Waals surface area (Å²) in [6.07, 6.45) is 0. The normalized spacial score (nSPS) is 24.0. The van der Waals surface area contributed by atoms with E-state index in [1.807, 2.05) is 0 Å². The molecule has 1 N–H and O–H groups in total. The minimum atomic E-state index is -1.44. The van der Waals surface area contributed by atoms with Crippen LogP contribution < -0.4 is 5.32 Å². The van der Waals surface area contributed by atoms with Crippen LogP contribution in [0.15, 0.2) is 72.8 Å². The Morgan fingerprint density at radius 2 is 1.88 bits per heavy atom. The van der Waals surface area contributed by atoms with Crippen molar-refractivity contribution in [3.63, 3.8) is 0 Å². The van der Waals surface area contributed by atoms with Gasteiger partial charge in [-0.1, -0.05) is 42.5 Å². The number of nitro groups is 1. The van der Waals surface area contributed by atoms with Crippen LogP contribution in [0, 0.1) is 21.8 Å². The van der Waals surface area contributed by atoms with Crippen LogP contribution in [0.2, 0.25) is 0 Å². The number of hydrogen-bond acceptors (Lipinski definition) is 5. The molecule has 0 aromatic heterocycles. The number of ketones is 1. The average molecular weight is 445 g/mol. The molecule has 1 fully saturated rings. The summed E-state index contributed by atoms with van der Waals surface area (Å²) >= 11 is 0. The van der Waals surface area contributed by atoms with Gasteiger partial charge in [-0.3, -0.25) is 24.6 Å². The monoisotopic (exact) mass is 445 g/mol. The quantitative estimate of drug-likeness (QED) is 0.371. The highest BCUT2D eigenvalue weighted by molar-refractivity contribution is 6.12. The number of hydrogen-bond donors (Lipinski definition) is 1. The second-order valence-corrected chi connectivity index (χ2v) is 8.46. The van der Waals surface area contributed by atoms with Gasteiger partial charge in [0.05, 0.1) is 10.8 Å². The highest BCUT2D eigenvalue weighted by Gasteiger charge is 2.64. The third kappa shape index (κ3) is 3.06. The molecule has 33 heavy (non-hydrogen) atoms. The molecule has 3 aromatic rings. The van der Waals surface area contributed by atoms with Crippen LogP contribution in [-0.2, 0) is 10.3 Å². The van der Waals surface area contributed by atoms with E-state index in [-0.39, 0.29) is 18.0 Å². The van der Waals surface area contributed by atoms with Crippen LogP contribution in [0.1, 0.15) is 27.4 Å². The maximum absolute atomic E-state index is 14.3. The minimum absolute atomic E-state index is 0.0932. The molecule has 2 aliphatic rings. The smallest absolute Gasteiger partial charge is 0.269 e. The lowest BCUT2D eigenvalue weighted by atomic mass is 9.70. The first-order valence-corrected chi connectivity index (χ1v) is 10.5. The molecule has 2 heterocycles. The molecule has 166 valence electrons. The van der Waals surface area contributed by atoms with Gasteiger partial charge in [0.2, 0.25) is 5.91 Å². The predicted octanol–water partition coefficient (Wildman–Crippen LogP) is 4.11. The summed E-state index contributed by atoms with van der Waals surface area (Å²) in [5.41, 5.74) is 0.324. The van der Waals surface area contributed by atoms with E-state index >= 15 is 0 Å². The number of halogens is 1. The molecule has 1 amide bonds. The van der Waals surface area contributed by atoms with Crippen molar-refractivity contribution in [2.24, 2.45) is 5.92 Å². The van der Waals surface area contributed by atoms with Gasteiger partial charge in [-0.05, 0) is 30.8 Å². The Balaban J connectivity index is 1.74. The Bertz CT molecular complexity index is 1300. The maximum Gasteiger partial charge on any atom is 0.269 e. The van der Waals surface area contributed by atoms with Crippen LogP contribution in [0.3, 0.4) is 0 Å². The van der Waals surface area contributed by atoms with Gasteiger partial charge in [0.25, 0.3) is 5.69 Å². The zero-order chi connectivity index (χ0) is 23.3. The number of rotatable bonds is 4. The van der Waals surface area contributed by atoms with Gasteiger partial charge in [-0.25, -0.2) is 4.39 Å². The summed E-state index contributed by atoms with van der Waals surface area (Å²) in [5.74, 6) is -2.64. The third-order valence-electron chi connectivity index (χ3n) is 6.76. The lowest BCUT2D eigenvalue weighted by Gasteiger charge is -2.35. The number of carbonyl (C=O) groups is 2. The Labute approximate surface area is 189 Å². The van der Waals surface area contributed by atoms with E-state index in [1.54, 1.807) is 54.4 Å². The number of nitrogens with one attached hydrogen (secondary N) is 1. The molecule has 5 rings (SSSR count). The van der Waals surface area contributed by atoms with Crippen LogP contribution in [0.4, 0.5) is 15.8 Å². The number of nitro benzene ring substituents is 1. The number of anilines is 1. The van der Waals surface area contributed by atoms with Gasteiger partial charge in [-0.2, -0.15) is 0 Å². The fourth-order valence-electron chi connectivity index (χ4n) is 5.36. The molecule has 1 spiro atoms. The fraction of sp³-hybridized carbons (Fsp3) is 0.200. The van der Waals surface area contributed by atoms with E-state index < -0.39 is 34.0 Å². The van der Waals surface area contributed by atoms with Crippen LogP contribution in [-0.4, -0.2) is 35.1 Å². The number of likely N-dealkylation sites (N-methyl/N-ethyl adjacent to an activating group) is 1. The van der Waals surface area contributed by atoms with Crippen LogP contribution >= 0.6 is 0 Å². The standard InChI is InChI=1S/C25H20FN3O4/c1-28-14-19(16-8-5-9-18(12-16)29(32)33)22(23(30)15-6-3-2-4-7-15)25(28)20-13-17(26)10-11-21(20)27-24(25)31/h2-13,19,22H,14H2,1H3,(H,27,31)/t19-,22?,25-/m1/s1. The Morgan fingerprint density at radius 3 is 2.61 bits per heavy atom. The van der Waals surface area contributed by atoms with Crippen molar-refractivity contribution in [2.75, 3.05) is 18.9 Å². The molecule has 7 nitrogen and oxygen atoms in total. The summed E-state index contributed by atoms with van der Waals surface area (Å²) in [6, 6.07) is 18.8. The van der Waals surface area contributed by atoms with Crippen LogP contribution in [0.25, 0.3) is 0 Å². The summed E-state index contributed by atoms with van der Waals surface area (Å²) in [4.78, 5) is 40.2. The number of amides is 1. The molecule has 1 saturated heterocycles. The lowest BCUT2D eigenvalue weighted by Crippen LogP contribution is -2.51. The molecular formula is C25H20FN3O4. The summed E-state index contributed by atoms with van der Waals surface area (Å²) < 4.78 is 14.3. The zero-order valence-corrected chi connectivity index (χ0v) is 17.7. The Hall–Kier alpha value is -3.91. The van der Waals surface area contributed by atoms with Gasteiger partial charge in [0.15, 0.2) is 5.78 Å². The fourth-order valence-corrected chi connectivity index (χ4v) is 5.36. The largest absolute Gasteiger partial charge is 0.324 e.